The third-order valence-corrected chi connectivity index (χ3v) is 21.0. The quantitative estimate of drug-likeness (QED) is 0.105. The molecule has 0 bridgehead atoms. The minimum Gasteiger partial charge on any atom is -0.458 e. The van der Waals surface area contributed by atoms with E-state index < -0.39 is 13.4 Å². The van der Waals surface area contributed by atoms with Crippen LogP contribution in [-0.4, -0.2) is 20.1 Å². The first-order valence-corrected chi connectivity index (χ1v) is 34.7. The van der Waals surface area contributed by atoms with Crippen molar-refractivity contribution in [1.82, 2.24) is 0 Å². The van der Waals surface area contributed by atoms with Gasteiger partial charge in [-0.15, -0.1) is 0 Å². The summed E-state index contributed by atoms with van der Waals surface area (Å²) in [6.07, 6.45) is 0. The molecule has 14 heteroatoms. The Morgan fingerprint density at radius 2 is 0.757 bits per heavy atom. The van der Waals surface area contributed by atoms with Crippen LogP contribution in [0.3, 0.4) is 0 Å². The highest BCUT2D eigenvalue weighted by atomic mass is 16.5. The highest BCUT2D eigenvalue weighted by Crippen LogP contribution is 2.51. The molecule has 103 heavy (non-hydrogen) atoms. The number of nitriles is 1. The Hall–Kier alpha value is -13.5. The van der Waals surface area contributed by atoms with E-state index in [1.807, 2.05) is 72.8 Å². The fraction of sp³-hybridized carbons (Fsp3) is 0.0337. The fourth-order valence-corrected chi connectivity index (χ4v) is 16.9. The molecule has 14 aromatic rings. The summed E-state index contributed by atoms with van der Waals surface area (Å²) in [4.78, 5) is 13.3. The van der Waals surface area contributed by atoms with Gasteiger partial charge in [-0.1, -0.05) is 151 Å². The van der Waals surface area contributed by atoms with Crippen molar-refractivity contribution < 1.29 is 18.9 Å². The van der Waals surface area contributed by atoms with Crippen LogP contribution in [0, 0.1) is 38.7 Å². The van der Waals surface area contributed by atoms with Crippen LogP contribution < -0.4 is 93.0 Å². The summed E-state index contributed by atoms with van der Waals surface area (Å²) in [7, 11) is 0. The second kappa shape index (κ2) is 23.3. The van der Waals surface area contributed by atoms with Crippen molar-refractivity contribution >= 4 is 155 Å². The van der Waals surface area contributed by atoms with Gasteiger partial charge in [0.05, 0.1) is 41.0 Å². The lowest BCUT2D eigenvalue weighted by atomic mass is 9.30. The van der Waals surface area contributed by atoms with Gasteiger partial charge >= 0.3 is 0 Å². The number of benzene rings is 14. The highest BCUT2D eigenvalue weighted by molar-refractivity contribution is 7.03. The molecule has 6 aliphatic heterocycles. The molecule has 0 saturated heterocycles. The van der Waals surface area contributed by atoms with E-state index in [1.165, 1.54) is 0 Å². The van der Waals surface area contributed by atoms with Gasteiger partial charge in [-0.2, -0.15) is 5.26 Å². The zero-order valence-corrected chi connectivity index (χ0v) is 56.3. The molecule has 0 fully saturated rings. The lowest BCUT2D eigenvalue weighted by Gasteiger charge is -2.43. The Balaban J connectivity index is 0.845. The maximum absolute atomic E-state index is 10.8. The summed E-state index contributed by atoms with van der Waals surface area (Å²) in [6, 6.07) is 104. The molecule has 6 aliphatic rings. The zero-order chi connectivity index (χ0) is 68.7. The highest BCUT2D eigenvalue weighted by Gasteiger charge is 2.49. The number of nitrogens with zero attached hydrogens (tertiary/aromatic N) is 6. The summed E-state index contributed by atoms with van der Waals surface area (Å²) >= 11 is 0. The Morgan fingerprint density at radius 1 is 0.350 bits per heavy atom. The van der Waals surface area contributed by atoms with Gasteiger partial charge in [-0.25, -0.2) is 4.85 Å². The third-order valence-electron chi connectivity index (χ3n) is 21.0. The number of rotatable bonds is 10. The molecule has 6 heterocycles. The minimum atomic E-state index is -0.457. The Labute approximate surface area is 597 Å². The van der Waals surface area contributed by atoms with E-state index >= 15 is 0 Å². The van der Waals surface area contributed by atoms with E-state index in [4.69, 9.17) is 25.5 Å². The molecule has 0 atom stereocenters. The molecule has 482 valence electrons. The van der Waals surface area contributed by atoms with E-state index in [0.29, 0.717) is 57.2 Å². The van der Waals surface area contributed by atoms with Gasteiger partial charge in [0.15, 0.2) is 5.69 Å². The summed E-state index contributed by atoms with van der Waals surface area (Å²) in [5.41, 5.74) is 26.3. The number of hydrogen-bond acceptors (Lipinski definition) is 10. The topological polar surface area (TPSA) is 90.1 Å². The lowest BCUT2D eigenvalue weighted by molar-refractivity contribution is 0.465. The molecular weight excluding hydrogens is 1260 g/mol. The number of para-hydroxylation sites is 6. The van der Waals surface area contributed by atoms with E-state index in [1.54, 1.807) is 0 Å². The van der Waals surface area contributed by atoms with E-state index in [2.05, 4.69) is 275 Å². The standard InChI is InChI=1S/C89H58B3N7O4/c1-54-39-55(2)89(56(3)40-54)99-76-52-81-73(50-69(76)91-70-41-57(53-93)35-37-78(70)101-83-46-66(44-77(99)87(83)91)97(61-27-15-7-16-28-61)62-29-17-8-18-30-62)92-72-49-68-74(51-80(72)102-84-47-67(48-85(103-81)88(84)92)98(63-31-19-9-20-32-63)64-33-21-10-22-34-64)95-75-43-65(96(59-23-11-5-12-24-59)60-25-13-6-14-26-60)45-82-86(75)90(68)71-42-58(94-4)36-38-79(71)100-82/h5-52,95H,1-3H3. The molecule has 0 aliphatic carbocycles. The lowest BCUT2D eigenvalue weighted by Crippen LogP contribution is -2.64. The molecular formula is C89H58B3N7O4. The normalized spacial score (nSPS) is 12.9. The molecule has 0 amide bonds. The number of nitrogens with one attached hydrogen (secondary N) is 1. The van der Waals surface area contributed by atoms with E-state index in [9.17, 15) is 5.26 Å². The smallest absolute Gasteiger partial charge is 0.260 e. The largest absolute Gasteiger partial charge is 0.458 e. The zero-order valence-electron chi connectivity index (χ0n) is 56.3. The summed E-state index contributed by atoms with van der Waals surface area (Å²) in [5.74, 6) is 5.49. The van der Waals surface area contributed by atoms with Gasteiger partial charge < -0.3 is 43.9 Å². The van der Waals surface area contributed by atoms with E-state index in [-0.39, 0.29) is 6.71 Å². The van der Waals surface area contributed by atoms with Crippen LogP contribution in [0.5, 0.6) is 46.0 Å². The molecule has 1 N–H and O–H groups in total. The molecule has 0 spiro atoms. The van der Waals surface area contributed by atoms with Crippen LogP contribution in [0.4, 0.5) is 85.3 Å². The minimum absolute atomic E-state index is 0.369. The van der Waals surface area contributed by atoms with Crippen molar-refractivity contribution in [3.8, 4) is 52.1 Å². The average molecular weight is 1320 g/mol. The van der Waals surface area contributed by atoms with Gasteiger partial charge in [-0.3, -0.25) is 0 Å². The molecule has 0 radical (unpaired) electrons. The monoisotopic (exact) mass is 1320 g/mol. The predicted octanol–water partition coefficient (Wildman–Crippen LogP) is 17.3. The Bertz CT molecular complexity index is 5840. The molecule has 11 nitrogen and oxygen atoms in total. The maximum Gasteiger partial charge on any atom is 0.260 e. The molecule has 20 rings (SSSR count). The van der Waals surface area contributed by atoms with Crippen LogP contribution in [0.1, 0.15) is 22.3 Å². The maximum atomic E-state index is 10.8. The number of aryl methyl sites for hydroxylation is 3. The van der Waals surface area contributed by atoms with Gasteiger partial charge in [-0.05, 0) is 185 Å². The number of hydrogen-bond donors (Lipinski definition) is 1. The predicted molar refractivity (Wildman–Crippen MR) is 420 cm³/mol. The van der Waals surface area contributed by atoms with Gasteiger partial charge in [0.2, 0.25) is 0 Å². The Morgan fingerprint density at radius 3 is 1.26 bits per heavy atom. The second-order valence-corrected chi connectivity index (χ2v) is 27.2. The summed E-state index contributed by atoms with van der Waals surface area (Å²) in [5, 5.41) is 14.8. The van der Waals surface area contributed by atoms with Crippen LogP contribution in [0.15, 0.2) is 291 Å². The van der Waals surface area contributed by atoms with Crippen LogP contribution >= 0.6 is 0 Å². The van der Waals surface area contributed by atoms with Gasteiger partial charge in [0.1, 0.15) is 46.0 Å². The molecule has 0 unspecified atom stereocenters. The van der Waals surface area contributed by atoms with Crippen molar-refractivity contribution in [2.45, 2.75) is 20.8 Å². The molecule has 14 aromatic carbocycles. The van der Waals surface area contributed by atoms with Crippen LogP contribution in [-0.2, 0) is 0 Å². The molecule has 0 aromatic heterocycles. The number of ether oxygens (including phenoxy) is 4. The number of anilines is 14. The molecule has 0 saturated carbocycles. The first-order valence-electron chi connectivity index (χ1n) is 34.7. The first kappa shape index (κ1) is 59.5. The third kappa shape index (κ3) is 9.45. The van der Waals surface area contributed by atoms with Crippen LogP contribution in [0.25, 0.3) is 4.85 Å². The van der Waals surface area contributed by atoms with Crippen molar-refractivity contribution in [2.24, 2.45) is 0 Å². The van der Waals surface area contributed by atoms with Crippen molar-refractivity contribution in [3.63, 3.8) is 0 Å². The Kier molecular flexibility index (Phi) is 13.5. The van der Waals surface area contributed by atoms with Crippen molar-refractivity contribution in [1.29, 1.82) is 5.26 Å². The van der Waals surface area contributed by atoms with Crippen molar-refractivity contribution in [2.75, 3.05) is 24.9 Å². The second-order valence-electron chi connectivity index (χ2n) is 27.2. The van der Waals surface area contributed by atoms with Gasteiger partial charge in [0, 0.05) is 98.7 Å². The first-order chi connectivity index (χ1) is 50.7. The van der Waals surface area contributed by atoms with E-state index in [0.717, 1.165) is 145 Å². The summed E-state index contributed by atoms with van der Waals surface area (Å²) < 4.78 is 29.7. The van der Waals surface area contributed by atoms with Gasteiger partial charge in [0.25, 0.3) is 20.1 Å². The SMILES string of the molecule is [C-]#[N+]c1ccc2c(c1)B1c3cc4c(cc3Nc3cc(N(c5ccccc5)c5ccccc5)cc(c31)O2)Oc1cc(N(c2ccccc2)c2ccccc2)cc2c1B4c1cc3c(cc1O2)N(c1c(C)cc(C)cc1C)c1cc(N(c2ccccc2)c2ccccc2)cc2c1B3c1cc(C#N)ccc1O2. The van der Waals surface area contributed by atoms with Crippen molar-refractivity contribution in [3.05, 3.63) is 325 Å². The number of fused-ring (bicyclic) bond motifs is 12. The fourth-order valence-electron chi connectivity index (χ4n) is 16.9. The summed E-state index contributed by atoms with van der Waals surface area (Å²) in [6.45, 7) is 13.7. The average Bonchev–Trinajstić information content (AvgIpc) is 0.693. The van der Waals surface area contributed by atoms with Crippen LogP contribution in [0.2, 0.25) is 0 Å².